The van der Waals surface area contributed by atoms with Crippen LogP contribution in [0.2, 0.25) is 10.0 Å². The fourth-order valence-electron chi connectivity index (χ4n) is 1.68. The number of thioether (sulfide) groups is 1. The average Bonchev–Trinajstić information content (AvgIpc) is 2.85. The Balaban J connectivity index is 1.89. The topological polar surface area (TPSA) is 59.8 Å². The van der Waals surface area contributed by atoms with Crippen LogP contribution in [-0.4, -0.2) is 26.4 Å². The number of hydrogen-bond donors (Lipinski definition) is 1. The van der Waals surface area contributed by atoms with Gasteiger partial charge in [-0.15, -0.1) is 10.2 Å². The number of hydrogen-bond acceptors (Lipinski definition) is 4. The van der Waals surface area contributed by atoms with Crippen molar-refractivity contribution in [2.24, 2.45) is 7.05 Å². The van der Waals surface area contributed by atoms with Crippen molar-refractivity contribution >= 4 is 40.9 Å². The first-order chi connectivity index (χ1) is 9.97. The molecule has 8 heteroatoms. The van der Waals surface area contributed by atoms with Crippen LogP contribution in [0, 0.1) is 0 Å². The van der Waals surface area contributed by atoms with Crippen LogP contribution in [0.3, 0.4) is 0 Å². The summed E-state index contributed by atoms with van der Waals surface area (Å²) in [6.07, 6.45) is 1.60. The number of rotatable bonds is 5. The highest BCUT2D eigenvalue weighted by Crippen LogP contribution is 2.25. The Morgan fingerprint density at radius 2 is 2.19 bits per heavy atom. The van der Waals surface area contributed by atoms with Crippen molar-refractivity contribution in [3.8, 4) is 0 Å². The number of carbonyl (C=O) groups is 1. The molecule has 1 aromatic heterocycles. The Labute approximate surface area is 137 Å². The van der Waals surface area contributed by atoms with E-state index in [0.717, 1.165) is 5.56 Å². The van der Waals surface area contributed by atoms with Crippen LogP contribution in [0.25, 0.3) is 0 Å². The first-order valence-corrected chi connectivity index (χ1v) is 7.92. The molecule has 21 heavy (non-hydrogen) atoms. The van der Waals surface area contributed by atoms with E-state index in [1.807, 2.05) is 20.0 Å². The summed E-state index contributed by atoms with van der Waals surface area (Å²) < 4.78 is 1.76. The summed E-state index contributed by atoms with van der Waals surface area (Å²) in [5.41, 5.74) is 0.904. The van der Waals surface area contributed by atoms with Crippen LogP contribution in [0.5, 0.6) is 0 Å². The molecule has 2 aromatic rings. The summed E-state index contributed by atoms with van der Waals surface area (Å²) in [5, 5.41) is 12.2. The molecule has 1 aromatic carbocycles. The third-order valence-electron chi connectivity index (χ3n) is 2.82. The first-order valence-electron chi connectivity index (χ1n) is 6.18. The highest BCUT2D eigenvalue weighted by molar-refractivity contribution is 7.99. The van der Waals surface area contributed by atoms with E-state index in [9.17, 15) is 4.79 Å². The van der Waals surface area contributed by atoms with Crippen molar-refractivity contribution in [1.29, 1.82) is 0 Å². The van der Waals surface area contributed by atoms with E-state index in [0.29, 0.717) is 15.2 Å². The lowest BCUT2D eigenvalue weighted by Gasteiger charge is -2.14. The number of amides is 1. The lowest BCUT2D eigenvalue weighted by Crippen LogP contribution is -2.28. The van der Waals surface area contributed by atoms with E-state index in [-0.39, 0.29) is 17.7 Å². The van der Waals surface area contributed by atoms with E-state index in [1.165, 1.54) is 11.8 Å². The lowest BCUT2D eigenvalue weighted by atomic mass is 10.1. The molecule has 0 saturated carbocycles. The second kappa shape index (κ2) is 7.15. The van der Waals surface area contributed by atoms with Crippen LogP contribution in [0.1, 0.15) is 18.5 Å². The minimum absolute atomic E-state index is 0.0819. The molecule has 1 atom stereocenters. The number of aryl methyl sites for hydroxylation is 1. The van der Waals surface area contributed by atoms with Crippen LogP contribution in [-0.2, 0) is 11.8 Å². The molecular weight excluding hydrogens is 331 g/mol. The fraction of sp³-hybridized carbons (Fsp3) is 0.308. The largest absolute Gasteiger partial charge is 0.349 e. The summed E-state index contributed by atoms with van der Waals surface area (Å²) in [6, 6.07) is 5.17. The van der Waals surface area contributed by atoms with Gasteiger partial charge in [0.25, 0.3) is 0 Å². The summed E-state index contributed by atoms with van der Waals surface area (Å²) >= 11 is 13.2. The zero-order valence-electron chi connectivity index (χ0n) is 11.5. The van der Waals surface area contributed by atoms with Gasteiger partial charge in [0.2, 0.25) is 5.91 Å². The number of nitrogens with zero attached hydrogens (tertiary/aromatic N) is 3. The Hall–Kier alpha value is -1.24. The smallest absolute Gasteiger partial charge is 0.230 e. The lowest BCUT2D eigenvalue weighted by molar-refractivity contribution is -0.119. The van der Waals surface area contributed by atoms with E-state index < -0.39 is 0 Å². The Bertz CT molecular complexity index is 647. The maximum atomic E-state index is 11.9. The number of nitrogens with one attached hydrogen (secondary N) is 1. The van der Waals surface area contributed by atoms with E-state index >= 15 is 0 Å². The molecule has 0 aliphatic carbocycles. The molecule has 0 fully saturated rings. The molecule has 1 heterocycles. The van der Waals surface area contributed by atoms with E-state index in [1.54, 1.807) is 23.0 Å². The van der Waals surface area contributed by atoms with Gasteiger partial charge < -0.3 is 9.88 Å². The number of aromatic nitrogens is 3. The molecule has 0 bridgehead atoms. The zero-order valence-corrected chi connectivity index (χ0v) is 13.8. The zero-order chi connectivity index (χ0) is 15.4. The minimum atomic E-state index is -0.146. The summed E-state index contributed by atoms with van der Waals surface area (Å²) in [6.45, 7) is 1.89. The third kappa shape index (κ3) is 4.36. The van der Waals surface area contributed by atoms with Gasteiger partial charge in [-0.25, -0.2) is 0 Å². The monoisotopic (exact) mass is 344 g/mol. The SMILES string of the molecule is C[C@@H](NC(=O)CSc1nncn1C)c1ccc(Cl)c(Cl)c1. The molecule has 1 N–H and O–H groups in total. The quantitative estimate of drug-likeness (QED) is 0.846. The number of halogens is 2. The molecule has 0 radical (unpaired) electrons. The average molecular weight is 345 g/mol. The second-order valence-electron chi connectivity index (χ2n) is 4.48. The Morgan fingerprint density at radius 1 is 1.43 bits per heavy atom. The first kappa shape index (κ1) is 16.1. The van der Waals surface area contributed by atoms with Gasteiger partial charge in [-0.1, -0.05) is 41.0 Å². The van der Waals surface area contributed by atoms with Crippen molar-refractivity contribution < 1.29 is 4.79 Å². The minimum Gasteiger partial charge on any atom is -0.349 e. The highest BCUT2D eigenvalue weighted by Gasteiger charge is 2.12. The molecule has 5 nitrogen and oxygen atoms in total. The van der Waals surface area contributed by atoms with Crippen molar-refractivity contribution in [2.75, 3.05) is 5.75 Å². The summed E-state index contributed by atoms with van der Waals surface area (Å²) in [4.78, 5) is 11.9. The number of carbonyl (C=O) groups excluding carboxylic acids is 1. The third-order valence-corrected chi connectivity index (χ3v) is 4.60. The summed E-state index contributed by atoms with van der Waals surface area (Å²) in [7, 11) is 1.83. The van der Waals surface area contributed by atoms with Crippen molar-refractivity contribution in [3.63, 3.8) is 0 Å². The van der Waals surface area contributed by atoms with Gasteiger partial charge in [-0.2, -0.15) is 0 Å². The van der Waals surface area contributed by atoms with Gasteiger partial charge in [0.05, 0.1) is 21.8 Å². The Kier molecular flexibility index (Phi) is 5.50. The van der Waals surface area contributed by atoms with Gasteiger partial charge in [0.1, 0.15) is 6.33 Å². The molecule has 0 aliphatic heterocycles. The molecule has 1 amide bonds. The van der Waals surface area contributed by atoms with Crippen LogP contribution in [0.4, 0.5) is 0 Å². The Morgan fingerprint density at radius 3 is 2.81 bits per heavy atom. The molecular formula is C13H14Cl2N4OS. The van der Waals surface area contributed by atoms with E-state index in [2.05, 4.69) is 15.5 Å². The van der Waals surface area contributed by atoms with Crippen LogP contribution in [0.15, 0.2) is 29.7 Å². The normalized spacial score (nSPS) is 12.2. The van der Waals surface area contributed by atoms with Gasteiger partial charge in [0, 0.05) is 7.05 Å². The van der Waals surface area contributed by atoms with Gasteiger partial charge in [-0.05, 0) is 24.6 Å². The van der Waals surface area contributed by atoms with Gasteiger partial charge in [0.15, 0.2) is 5.16 Å². The number of benzene rings is 1. The molecule has 0 unspecified atom stereocenters. The summed E-state index contributed by atoms with van der Waals surface area (Å²) in [5.74, 6) is 0.194. The standard InChI is InChI=1S/C13H14Cl2N4OS/c1-8(9-3-4-10(14)11(15)5-9)17-12(20)6-21-13-18-16-7-19(13)2/h3-5,7-8H,6H2,1-2H3,(H,17,20)/t8-/m1/s1. The molecule has 2 rings (SSSR count). The van der Waals surface area contributed by atoms with E-state index in [4.69, 9.17) is 23.2 Å². The molecule has 0 saturated heterocycles. The van der Waals surface area contributed by atoms with Crippen LogP contribution >= 0.6 is 35.0 Å². The predicted molar refractivity (Wildman–Crippen MR) is 84.7 cm³/mol. The molecule has 0 aliphatic rings. The highest BCUT2D eigenvalue weighted by atomic mass is 35.5. The molecule has 0 spiro atoms. The van der Waals surface area contributed by atoms with Crippen molar-refractivity contribution in [1.82, 2.24) is 20.1 Å². The fourth-order valence-corrected chi connectivity index (χ4v) is 2.69. The van der Waals surface area contributed by atoms with Crippen molar-refractivity contribution in [3.05, 3.63) is 40.1 Å². The molecule has 112 valence electrons. The van der Waals surface area contributed by atoms with Gasteiger partial charge >= 0.3 is 0 Å². The maximum Gasteiger partial charge on any atom is 0.230 e. The predicted octanol–water partition coefficient (Wildman–Crippen LogP) is 3.09. The second-order valence-corrected chi connectivity index (χ2v) is 6.23. The maximum absolute atomic E-state index is 11.9. The van der Waals surface area contributed by atoms with Crippen molar-refractivity contribution in [2.45, 2.75) is 18.1 Å². The van der Waals surface area contributed by atoms with Gasteiger partial charge in [-0.3, -0.25) is 4.79 Å². The van der Waals surface area contributed by atoms with Crippen LogP contribution < -0.4 is 5.32 Å².